The first-order chi connectivity index (χ1) is 39.0. The lowest BCUT2D eigenvalue weighted by atomic mass is 10.1. The lowest BCUT2D eigenvalue weighted by molar-refractivity contribution is 0.282. The Morgan fingerprint density at radius 3 is 0.772 bits per heavy atom. The Morgan fingerprint density at radius 2 is 0.506 bits per heavy atom. The summed E-state index contributed by atoms with van der Waals surface area (Å²) in [5.74, 6) is 9.22. The Labute approximate surface area is 522 Å². The summed E-state index contributed by atoms with van der Waals surface area (Å²) in [5.41, 5.74) is 0. The predicted molar refractivity (Wildman–Crippen MR) is 381 cm³/mol. The van der Waals surface area contributed by atoms with E-state index in [2.05, 4.69) is 142 Å². The molecule has 0 aromatic heterocycles. The molecule has 0 atom stereocenters. The number of allylic oxidation sites excluding steroid dienone is 4. The molecule has 0 radical (unpaired) electrons. The van der Waals surface area contributed by atoms with Gasteiger partial charge in [-0.3, -0.25) is 0 Å². The Bertz CT molecular complexity index is 1090. The minimum atomic E-state index is 0. The topological polar surface area (TPSA) is 20.2 Å². The fourth-order valence-corrected chi connectivity index (χ4v) is 9.42. The van der Waals surface area contributed by atoms with Crippen LogP contribution >= 0.6 is 31.9 Å². The molecule has 0 saturated carbocycles. The van der Waals surface area contributed by atoms with Gasteiger partial charge in [0.05, 0.1) is 0 Å². The van der Waals surface area contributed by atoms with Gasteiger partial charge < -0.3 is 5.11 Å². The highest BCUT2D eigenvalue weighted by Crippen LogP contribution is 2.14. The first-order valence-electron chi connectivity index (χ1n) is 35.2. The Hall–Kier alpha value is -0.920. The van der Waals surface area contributed by atoms with Crippen LogP contribution in [-0.4, -0.2) is 22.4 Å². The van der Waals surface area contributed by atoms with Gasteiger partial charge in [-0.15, -0.1) is 37.0 Å². The number of halogens is 2. The first kappa shape index (κ1) is 91.8. The van der Waals surface area contributed by atoms with Crippen molar-refractivity contribution in [3.8, 4) is 37.0 Å². The first-order valence-corrected chi connectivity index (χ1v) is 37.5. The van der Waals surface area contributed by atoms with Crippen LogP contribution in [0, 0.1) is 37.0 Å². The van der Waals surface area contributed by atoms with E-state index in [0.29, 0.717) is 6.61 Å². The van der Waals surface area contributed by atoms with Crippen LogP contribution in [0.5, 0.6) is 0 Å². The molecule has 0 spiro atoms. The minimum absolute atomic E-state index is 0. The fourth-order valence-electron chi connectivity index (χ4n) is 8.46. The molecule has 0 aliphatic rings. The molecule has 0 rings (SSSR count). The van der Waals surface area contributed by atoms with E-state index in [1.807, 2.05) is 0 Å². The van der Waals surface area contributed by atoms with Crippen molar-refractivity contribution in [2.45, 2.75) is 409 Å². The van der Waals surface area contributed by atoms with Crippen LogP contribution in [0.4, 0.5) is 0 Å². The molecule has 1 nitrogen and oxygen atoms in total. The third kappa shape index (κ3) is 129. The van der Waals surface area contributed by atoms with Crippen molar-refractivity contribution in [3.05, 3.63) is 24.3 Å². The number of hydrogen-bond donors (Lipinski definition) is 1. The number of hydrogen-bond acceptors (Lipinski definition) is 1. The summed E-state index contributed by atoms with van der Waals surface area (Å²) in [6.07, 6.45) is 96.7. The third-order valence-corrected chi connectivity index (χ3v) is 15.0. The summed E-state index contributed by atoms with van der Waals surface area (Å²) in [7, 11) is 0. The highest BCUT2D eigenvalue weighted by molar-refractivity contribution is 9.09. The number of alkyl halides is 2. The van der Waals surface area contributed by atoms with Gasteiger partial charge in [0.25, 0.3) is 0 Å². The maximum atomic E-state index is 8.64. The third-order valence-electron chi connectivity index (χ3n) is 13.9. The smallest absolute Gasteiger partial charge is 0.0431 e. The number of rotatable bonds is 53. The van der Waals surface area contributed by atoms with Gasteiger partial charge in [0.15, 0.2) is 0 Å². The molecule has 0 aromatic carbocycles. The van der Waals surface area contributed by atoms with E-state index in [1.165, 1.54) is 333 Å². The lowest BCUT2D eigenvalue weighted by Crippen LogP contribution is -1.84. The zero-order valence-electron chi connectivity index (χ0n) is 55.8. The summed E-state index contributed by atoms with van der Waals surface area (Å²) in [5, 5.41) is 11.0. The zero-order chi connectivity index (χ0) is 60.0. The van der Waals surface area contributed by atoms with Crippen molar-refractivity contribution in [2.75, 3.05) is 17.3 Å². The monoisotopic (exact) mass is 1240 g/mol. The molecule has 79 heavy (non-hydrogen) atoms. The molecule has 0 unspecified atom stereocenters. The van der Waals surface area contributed by atoms with Crippen LogP contribution in [0.25, 0.3) is 0 Å². The van der Waals surface area contributed by atoms with Crippen molar-refractivity contribution >= 4 is 31.9 Å². The van der Waals surface area contributed by atoms with E-state index in [4.69, 9.17) is 11.5 Å². The van der Waals surface area contributed by atoms with Crippen molar-refractivity contribution in [1.29, 1.82) is 0 Å². The Kier molecular flexibility index (Phi) is 126. The Balaban J connectivity index is -0.000000131. The van der Waals surface area contributed by atoms with Crippen molar-refractivity contribution in [3.63, 3.8) is 0 Å². The van der Waals surface area contributed by atoms with E-state index < -0.39 is 0 Å². The molecule has 0 fully saturated rings. The van der Waals surface area contributed by atoms with Crippen molar-refractivity contribution < 1.29 is 6.53 Å². The summed E-state index contributed by atoms with van der Waals surface area (Å²) < 4.78 is 0. The van der Waals surface area contributed by atoms with Crippen LogP contribution < -0.4 is 0 Å². The summed E-state index contributed by atoms with van der Waals surface area (Å²) in [6, 6.07) is 0. The second-order valence-electron chi connectivity index (χ2n) is 22.1. The highest BCUT2D eigenvalue weighted by Gasteiger charge is 1.95. The molecule has 0 aliphatic carbocycles. The summed E-state index contributed by atoms with van der Waals surface area (Å²) in [6.45, 7) is 18.4. The van der Waals surface area contributed by atoms with E-state index in [1.54, 1.807) is 0 Å². The van der Waals surface area contributed by atoms with Gasteiger partial charge in [0.2, 0.25) is 0 Å². The molecular formula is C76H150Br2O. The van der Waals surface area contributed by atoms with Crippen molar-refractivity contribution in [1.82, 2.24) is 0 Å². The maximum absolute atomic E-state index is 8.64. The van der Waals surface area contributed by atoms with E-state index in [9.17, 15) is 0 Å². The minimum Gasteiger partial charge on any atom is -0.396 e. The molecular weight excluding hydrogens is 1090 g/mol. The number of terminal acetylenes is 2. The molecule has 474 valence electrons. The van der Waals surface area contributed by atoms with Gasteiger partial charge >= 0.3 is 0 Å². The fraction of sp³-hybridized carbons (Fsp3) is 0.868. The molecule has 0 amide bonds. The quantitative estimate of drug-likeness (QED) is 0.0279. The predicted octanol–water partition coefficient (Wildman–Crippen LogP) is 28.6. The maximum Gasteiger partial charge on any atom is 0.0431 e. The molecule has 0 aliphatic heterocycles. The van der Waals surface area contributed by atoms with Gasteiger partial charge in [-0.2, -0.15) is 0 Å². The van der Waals surface area contributed by atoms with Gasteiger partial charge in [-0.05, 0) is 77.0 Å². The van der Waals surface area contributed by atoms with Crippen LogP contribution in [-0.2, 0) is 0 Å². The Morgan fingerprint density at radius 1 is 0.278 bits per heavy atom. The van der Waals surface area contributed by atoms with Gasteiger partial charge in [-0.25, -0.2) is 0 Å². The normalized spacial score (nSPS) is 10.2. The van der Waals surface area contributed by atoms with Crippen molar-refractivity contribution in [2.24, 2.45) is 0 Å². The zero-order valence-corrected chi connectivity index (χ0v) is 58.9. The SMILES string of the molecule is C#C.C#CCCCCCCCCCC.CCCC/C=C\CCCCCCCCCC.CCCC/C=C\CCCCCCCCCCO.CCCCBr.CCCCC#CCCCCCCCCCC.CCCCCCCCCCBr.[HH]. The average Bonchev–Trinajstić information content (AvgIpc) is 3.47. The molecule has 0 heterocycles. The lowest BCUT2D eigenvalue weighted by Gasteiger charge is -2.00. The van der Waals surface area contributed by atoms with Crippen LogP contribution in [0.15, 0.2) is 24.3 Å². The second-order valence-corrected chi connectivity index (χ2v) is 23.7. The highest BCUT2D eigenvalue weighted by atomic mass is 79.9. The van der Waals surface area contributed by atoms with E-state index in [0.717, 1.165) is 31.0 Å². The molecule has 0 bridgehead atoms. The largest absolute Gasteiger partial charge is 0.396 e. The van der Waals surface area contributed by atoms with E-state index >= 15 is 0 Å². The molecule has 1 N–H and O–H groups in total. The van der Waals surface area contributed by atoms with Crippen LogP contribution in [0.2, 0.25) is 0 Å². The molecule has 0 aromatic rings. The number of aliphatic hydroxyl groups is 1. The summed E-state index contributed by atoms with van der Waals surface area (Å²) >= 11 is 6.75. The summed E-state index contributed by atoms with van der Waals surface area (Å²) in [4.78, 5) is 0. The van der Waals surface area contributed by atoms with Gasteiger partial charge in [0, 0.05) is 38.0 Å². The van der Waals surface area contributed by atoms with Crippen LogP contribution in [0.3, 0.4) is 0 Å². The molecule has 0 saturated heterocycles. The van der Waals surface area contributed by atoms with Crippen LogP contribution in [0.1, 0.15) is 410 Å². The van der Waals surface area contributed by atoms with E-state index in [-0.39, 0.29) is 1.43 Å². The second kappa shape index (κ2) is 109. The molecule has 3 heteroatoms. The van der Waals surface area contributed by atoms with Gasteiger partial charge in [-0.1, -0.05) is 368 Å². The number of aliphatic hydroxyl groups excluding tert-OH is 1. The average molecular weight is 1240 g/mol. The number of unbranched alkanes of at least 4 members (excludes halogenated alkanes) is 46. The standard InChI is InChI=1S/C16H32O.C16H32.C16H30.C12H22.C10H21Br.C4H9Br.C2H2.H2/c1-2-3-4-5-6-7-8-9-10-11-12-13-14-15-16-17;2*1-3-5-7-9-11-13-15-16-14-12-10-8-6-4-2;1-3-5-7-9-11-12-10-8-6-4-2;1-2-3-4-5-6-7-8-9-10-11;1-2-3-4-5;1-2;/h5-6,17H,2-4,7-16H2,1H3;9,11H,3-8,10,12-16H2,1-2H3;3-9,11,13-16H2,1-2H3;1H,4-12H2,2H3;2-10H2,1H3;2-4H2,1H3;1-2H;1H/b6-5-;11-9-;;;;;;. The van der Waals surface area contributed by atoms with Gasteiger partial charge in [0.1, 0.15) is 0 Å².